The van der Waals surface area contributed by atoms with Gasteiger partial charge in [-0.3, -0.25) is 19.4 Å². The van der Waals surface area contributed by atoms with Gasteiger partial charge in [-0.2, -0.15) is 0 Å². The zero-order valence-corrected chi connectivity index (χ0v) is 20.2. The SMILES string of the molecule is CCN1C(=O)c2c(nc(C(N)=O)n2Cc2ccc(OC)c(Cl)c2)N2C[C@@H](Cc3ccccc3)N=C12. The second kappa shape index (κ2) is 9.07. The molecule has 0 aliphatic carbocycles. The van der Waals surface area contributed by atoms with E-state index in [0.717, 1.165) is 17.5 Å². The van der Waals surface area contributed by atoms with Crippen molar-refractivity contribution >= 4 is 35.2 Å². The maximum atomic E-state index is 13.6. The lowest BCUT2D eigenvalue weighted by Gasteiger charge is -2.33. The number of carbonyl (C=O) groups is 2. The summed E-state index contributed by atoms with van der Waals surface area (Å²) in [5, 5.41) is 0.429. The lowest BCUT2D eigenvalue weighted by Crippen LogP contribution is -2.50. The summed E-state index contributed by atoms with van der Waals surface area (Å²) in [5.74, 6) is 0.528. The number of ether oxygens (including phenoxy) is 1. The van der Waals surface area contributed by atoms with E-state index in [1.54, 1.807) is 21.6 Å². The highest BCUT2D eigenvalue weighted by Gasteiger charge is 2.44. The van der Waals surface area contributed by atoms with Crippen molar-refractivity contribution in [3.8, 4) is 5.75 Å². The number of halogens is 1. The van der Waals surface area contributed by atoms with E-state index in [1.807, 2.05) is 36.1 Å². The summed E-state index contributed by atoms with van der Waals surface area (Å²) in [5.41, 5.74) is 7.94. The number of nitrogens with two attached hydrogens (primary N) is 1. The molecule has 2 aliphatic heterocycles. The largest absolute Gasteiger partial charge is 0.495 e. The van der Waals surface area contributed by atoms with Crippen LogP contribution in [-0.2, 0) is 13.0 Å². The van der Waals surface area contributed by atoms with Gasteiger partial charge in [-0.25, -0.2) is 9.98 Å². The molecule has 0 radical (unpaired) electrons. The average molecular weight is 493 g/mol. The van der Waals surface area contributed by atoms with Crippen LogP contribution >= 0.6 is 11.6 Å². The molecule has 9 nitrogen and oxygen atoms in total. The molecule has 2 N–H and O–H groups in total. The molecule has 180 valence electrons. The smallest absolute Gasteiger partial charge is 0.284 e. The molecule has 0 unspecified atom stereocenters. The maximum Gasteiger partial charge on any atom is 0.284 e. The van der Waals surface area contributed by atoms with Gasteiger partial charge in [-0.1, -0.05) is 48.0 Å². The third-order valence-electron chi connectivity index (χ3n) is 6.23. The summed E-state index contributed by atoms with van der Waals surface area (Å²) in [4.78, 5) is 38.9. The Balaban J connectivity index is 1.55. The maximum absolute atomic E-state index is 13.6. The molecule has 10 heteroatoms. The van der Waals surface area contributed by atoms with Crippen molar-refractivity contribution in [1.29, 1.82) is 0 Å². The number of rotatable bonds is 7. The van der Waals surface area contributed by atoms with Crippen molar-refractivity contribution in [1.82, 2.24) is 14.5 Å². The number of aliphatic imine (C=N–C) groups is 1. The van der Waals surface area contributed by atoms with E-state index in [0.29, 0.717) is 41.3 Å². The van der Waals surface area contributed by atoms with Crippen LogP contribution in [0.15, 0.2) is 53.5 Å². The summed E-state index contributed by atoms with van der Waals surface area (Å²) < 4.78 is 6.80. The number of guanidine groups is 1. The minimum absolute atomic E-state index is 0.0131. The summed E-state index contributed by atoms with van der Waals surface area (Å²) in [6.45, 7) is 3.07. The van der Waals surface area contributed by atoms with Crippen molar-refractivity contribution < 1.29 is 14.3 Å². The molecule has 1 aromatic heterocycles. The Morgan fingerprint density at radius 2 is 1.97 bits per heavy atom. The van der Waals surface area contributed by atoms with Gasteiger partial charge in [-0.15, -0.1) is 0 Å². The summed E-state index contributed by atoms with van der Waals surface area (Å²) in [6, 6.07) is 15.3. The Kier molecular flexibility index (Phi) is 5.94. The summed E-state index contributed by atoms with van der Waals surface area (Å²) >= 11 is 6.30. The molecule has 3 aromatic rings. The molecule has 3 heterocycles. The molecule has 0 spiro atoms. The molecule has 0 bridgehead atoms. The van der Waals surface area contributed by atoms with Crippen molar-refractivity contribution in [3.05, 3.63) is 76.2 Å². The highest BCUT2D eigenvalue weighted by atomic mass is 35.5. The molecular formula is C25H25ClN6O3. The number of anilines is 1. The van der Waals surface area contributed by atoms with Gasteiger partial charge in [0.15, 0.2) is 11.5 Å². The first-order valence-electron chi connectivity index (χ1n) is 11.3. The molecule has 0 fully saturated rings. The lowest BCUT2D eigenvalue weighted by molar-refractivity contribution is 0.0836. The van der Waals surface area contributed by atoms with Crippen LogP contribution in [0.1, 0.15) is 39.2 Å². The van der Waals surface area contributed by atoms with Crippen molar-refractivity contribution in [2.45, 2.75) is 25.9 Å². The fourth-order valence-corrected chi connectivity index (χ4v) is 4.92. The molecule has 2 aliphatic rings. The van der Waals surface area contributed by atoms with Crippen molar-refractivity contribution in [2.24, 2.45) is 10.7 Å². The van der Waals surface area contributed by atoms with Crippen LogP contribution in [0.4, 0.5) is 5.82 Å². The Labute approximate surface area is 207 Å². The highest BCUT2D eigenvalue weighted by molar-refractivity contribution is 6.32. The third-order valence-corrected chi connectivity index (χ3v) is 6.53. The second-order valence-electron chi connectivity index (χ2n) is 8.46. The van der Waals surface area contributed by atoms with E-state index in [1.165, 1.54) is 7.11 Å². The van der Waals surface area contributed by atoms with E-state index in [9.17, 15) is 9.59 Å². The second-order valence-corrected chi connectivity index (χ2v) is 8.87. The number of nitrogens with zero attached hydrogens (tertiary/aromatic N) is 5. The van der Waals surface area contributed by atoms with Crippen LogP contribution in [0.25, 0.3) is 0 Å². The van der Waals surface area contributed by atoms with E-state index in [-0.39, 0.29) is 24.3 Å². The van der Waals surface area contributed by atoms with Crippen LogP contribution in [-0.4, -0.2) is 58.5 Å². The van der Waals surface area contributed by atoms with Gasteiger partial charge >= 0.3 is 0 Å². The molecule has 0 saturated carbocycles. The fourth-order valence-electron chi connectivity index (χ4n) is 4.64. The number of hydrogen-bond acceptors (Lipinski definition) is 6. The van der Waals surface area contributed by atoms with Crippen LogP contribution in [0, 0.1) is 0 Å². The van der Waals surface area contributed by atoms with Crippen LogP contribution < -0.4 is 15.4 Å². The zero-order chi connectivity index (χ0) is 24.7. The van der Waals surface area contributed by atoms with E-state index < -0.39 is 5.91 Å². The molecule has 1 atom stereocenters. The number of imidazole rings is 1. The minimum Gasteiger partial charge on any atom is -0.495 e. The number of fused-ring (bicyclic) bond motifs is 3. The Morgan fingerprint density at radius 3 is 2.63 bits per heavy atom. The summed E-state index contributed by atoms with van der Waals surface area (Å²) in [7, 11) is 1.54. The number of benzene rings is 2. The number of hydrogen-bond donors (Lipinski definition) is 1. The van der Waals surface area contributed by atoms with Crippen LogP contribution in [0.2, 0.25) is 5.02 Å². The van der Waals surface area contributed by atoms with Gasteiger partial charge in [0, 0.05) is 6.54 Å². The number of amides is 2. The first-order valence-corrected chi connectivity index (χ1v) is 11.7. The van der Waals surface area contributed by atoms with Gasteiger partial charge < -0.3 is 15.0 Å². The standard InChI is InChI=1S/C25H25ClN6O3/c1-3-30-24(34)20-22(32-14-17(28-25(30)32)11-15-7-5-4-6-8-15)29-23(21(27)33)31(20)13-16-9-10-19(35-2)18(26)12-16/h4-10,12,17H,3,11,13-14H2,1-2H3,(H2,27,33)/t17-/m1/s1. The quantitative estimate of drug-likeness (QED) is 0.545. The van der Waals surface area contributed by atoms with Gasteiger partial charge in [0.25, 0.3) is 11.8 Å². The van der Waals surface area contributed by atoms with Crippen LogP contribution in [0.3, 0.4) is 0 Å². The first-order chi connectivity index (χ1) is 16.9. The molecule has 2 amide bonds. The monoisotopic (exact) mass is 492 g/mol. The van der Waals surface area contributed by atoms with Crippen LogP contribution in [0.5, 0.6) is 5.75 Å². The summed E-state index contributed by atoms with van der Waals surface area (Å²) in [6.07, 6.45) is 0.732. The number of aromatic nitrogens is 2. The number of methoxy groups -OCH3 is 1. The molecule has 0 saturated heterocycles. The topological polar surface area (TPSA) is 106 Å². The molecular weight excluding hydrogens is 468 g/mol. The van der Waals surface area contributed by atoms with E-state index in [4.69, 9.17) is 27.1 Å². The fraction of sp³-hybridized carbons (Fsp3) is 0.280. The van der Waals surface area contributed by atoms with Gasteiger partial charge in [0.05, 0.1) is 31.3 Å². The van der Waals surface area contributed by atoms with Gasteiger partial charge in [0.1, 0.15) is 5.75 Å². The predicted octanol–water partition coefficient (Wildman–Crippen LogP) is 2.96. The molecule has 5 rings (SSSR count). The minimum atomic E-state index is -0.714. The zero-order valence-electron chi connectivity index (χ0n) is 19.4. The molecule has 35 heavy (non-hydrogen) atoms. The van der Waals surface area contributed by atoms with E-state index >= 15 is 0 Å². The van der Waals surface area contributed by atoms with Crippen molar-refractivity contribution in [3.63, 3.8) is 0 Å². The first kappa shape index (κ1) is 22.9. The average Bonchev–Trinajstić information content (AvgIpc) is 3.42. The normalized spacial score (nSPS) is 16.7. The van der Waals surface area contributed by atoms with Gasteiger partial charge in [0.2, 0.25) is 11.8 Å². The number of carbonyl (C=O) groups excluding carboxylic acids is 2. The number of primary amides is 1. The van der Waals surface area contributed by atoms with Gasteiger partial charge in [-0.05, 0) is 36.6 Å². The highest BCUT2D eigenvalue weighted by Crippen LogP contribution is 2.34. The third kappa shape index (κ3) is 4.01. The lowest BCUT2D eigenvalue weighted by atomic mass is 10.1. The molecule has 2 aromatic carbocycles. The predicted molar refractivity (Wildman–Crippen MR) is 133 cm³/mol. The van der Waals surface area contributed by atoms with E-state index in [2.05, 4.69) is 17.1 Å². The Bertz CT molecular complexity index is 1340. The Morgan fingerprint density at radius 1 is 1.20 bits per heavy atom. The Hall–Kier alpha value is -3.85. The van der Waals surface area contributed by atoms with Crippen molar-refractivity contribution in [2.75, 3.05) is 25.1 Å².